The first-order valence-electron chi connectivity index (χ1n) is 12.1. The summed E-state index contributed by atoms with van der Waals surface area (Å²) >= 11 is 0. The van der Waals surface area contributed by atoms with E-state index in [0.717, 1.165) is 0 Å². The molecule has 0 aromatic rings. The quantitative estimate of drug-likeness (QED) is 0.244. The lowest BCUT2D eigenvalue weighted by Crippen LogP contribution is -2.50. The Bertz CT molecular complexity index is 825. The van der Waals surface area contributed by atoms with E-state index in [1.807, 2.05) is 12.2 Å². The van der Waals surface area contributed by atoms with Gasteiger partial charge < -0.3 is 10.2 Å². The standard InChI is InChI=1S/C24H30N2O8/c27-15(28)7-3-1-5-11-25-21(31)17-13-9-10-14(18(17)22(25)32)20-19(13)23(33)26(24(20)34)12-6-2-4-8-16(29)30/h9-10,13-14,17-20H,1-8,11-12H2,(H,27,28)(H,29,30). The molecule has 3 fully saturated rings. The summed E-state index contributed by atoms with van der Waals surface area (Å²) in [6, 6.07) is 0. The number of unbranched alkanes of at least 4 members (excludes halogenated alkanes) is 4. The summed E-state index contributed by atoms with van der Waals surface area (Å²) in [5.74, 6) is -6.41. The van der Waals surface area contributed by atoms with Gasteiger partial charge in [0.15, 0.2) is 0 Å². The molecule has 4 unspecified atom stereocenters. The Hall–Kier alpha value is -3.04. The molecule has 5 rings (SSSR count). The van der Waals surface area contributed by atoms with Crippen molar-refractivity contribution in [2.75, 3.05) is 13.1 Å². The van der Waals surface area contributed by atoms with E-state index in [1.54, 1.807) is 0 Å². The highest BCUT2D eigenvalue weighted by Crippen LogP contribution is 2.57. The predicted molar refractivity (Wildman–Crippen MR) is 116 cm³/mol. The number of hydrogen-bond donors (Lipinski definition) is 2. The highest BCUT2D eigenvalue weighted by atomic mass is 16.4. The maximum atomic E-state index is 13.2. The average molecular weight is 475 g/mol. The average Bonchev–Trinajstić information content (AvgIpc) is 3.21. The number of carboxylic acids is 2. The number of allylic oxidation sites excluding steroid dienone is 2. The van der Waals surface area contributed by atoms with Crippen LogP contribution in [0.4, 0.5) is 0 Å². The van der Waals surface area contributed by atoms with Crippen LogP contribution in [0.1, 0.15) is 51.4 Å². The second-order valence-corrected chi connectivity index (χ2v) is 9.71. The van der Waals surface area contributed by atoms with E-state index in [4.69, 9.17) is 10.2 Å². The largest absolute Gasteiger partial charge is 0.481 e. The third kappa shape index (κ3) is 4.14. The molecule has 0 radical (unpaired) electrons. The van der Waals surface area contributed by atoms with Crippen LogP contribution >= 0.6 is 0 Å². The molecule has 2 heterocycles. The molecule has 4 atom stereocenters. The number of likely N-dealkylation sites (tertiary alicyclic amines) is 2. The smallest absolute Gasteiger partial charge is 0.303 e. The first-order valence-corrected chi connectivity index (χ1v) is 12.1. The summed E-state index contributed by atoms with van der Waals surface area (Å²) in [7, 11) is 0. The lowest BCUT2D eigenvalue weighted by atomic mass is 9.54. The highest BCUT2D eigenvalue weighted by Gasteiger charge is 2.68. The first-order chi connectivity index (χ1) is 16.2. The number of carbonyl (C=O) groups is 6. The Kier molecular flexibility index (Phi) is 6.86. The van der Waals surface area contributed by atoms with Crippen molar-refractivity contribution in [2.24, 2.45) is 35.5 Å². The van der Waals surface area contributed by atoms with Crippen LogP contribution in [0, 0.1) is 35.5 Å². The van der Waals surface area contributed by atoms with Gasteiger partial charge in [-0.3, -0.25) is 38.6 Å². The van der Waals surface area contributed by atoms with Gasteiger partial charge in [-0.15, -0.1) is 0 Å². The van der Waals surface area contributed by atoms with Crippen molar-refractivity contribution in [3.8, 4) is 0 Å². The van der Waals surface area contributed by atoms with Crippen LogP contribution in [0.2, 0.25) is 0 Å². The number of imide groups is 2. The zero-order valence-corrected chi connectivity index (χ0v) is 18.9. The molecule has 0 aromatic heterocycles. The second kappa shape index (κ2) is 9.68. The Morgan fingerprint density at radius 1 is 0.588 bits per heavy atom. The third-order valence-corrected chi connectivity index (χ3v) is 7.74. The molecule has 0 spiro atoms. The fourth-order valence-corrected chi connectivity index (χ4v) is 6.24. The molecule has 1 saturated carbocycles. The molecule has 4 amide bonds. The Morgan fingerprint density at radius 3 is 1.21 bits per heavy atom. The molecular formula is C24H30N2O8. The van der Waals surface area contributed by atoms with E-state index >= 15 is 0 Å². The number of carboxylic acid groups (broad SMARTS) is 2. The van der Waals surface area contributed by atoms with Crippen molar-refractivity contribution in [2.45, 2.75) is 51.4 Å². The van der Waals surface area contributed by atoms with Gasteiger partial charge in [-0.1, -0.05) is 25.0 Å². The van der Waals surface area contributed by atoms with Crippen LogP contribution in [-0.4, -0.2) is 68.7 Å². The summed E-state index contributed by atoms with van der Waals surface area (Å²) < 4.78 is 0. The molecule has 2 N–H and O–H groups in total. The topological polar surface area (TPSA) is 149 Å². The van der Waals surface area contributed by atoms with E-state index < -0.39 is 47.4 Å². The normalized spacial score (nSPS) is 31.4. The van der Waals surface area contributed by atoms with Gasteiger partial charge in [-0.25, -0.2) is 0 Å². The van der Waals surface area contributed by atoms with E-state index in [9.17, 15) is 28.8 Å². The predicted octanol–water partition coefficient (Wildman–Crippen LogP) is 1.29. The van der Waals surface area contributed by atoms with Gasteiger partial charge in [-0.2, -0.15) is 0 Å². The molecule has 2 saturated heterocycles. The van der Waals surface area contributed by atoms with Gasteiger partial charge in [0.25, 0.3) is 0 Å². The fraction of sp³-hybridized carbons (Fsp3) is 0.667. The minimum atomic E-state index is -0.878. The molecule has 5 aliphatic rings. The van der Waals surface area contributed by atoms with Crippen molar-refractivity contribution in [3.05, 3.63) is 12.2 Å². The monoisotopic (exact) mass is 474 g/mol. The first kappa shape index (κ1) is 24.1. The number of nitrogens with zero attached hydrogens (tertiary/aromatic N) is 2. The van der Waals surface area contributed by atoms with E-state index in [-0.39, 0.29) is 49.6 Å². The van der Waals surface area contributed by atoms with Crippen molar-refractivity contribution in [1.82, 2.24) is 9.80 Å². The molecule has 2 bridgehead atoms. The summed E-state index contributed by atoms with van der Waals surface area (Å²) in [6.45, 7) is 0.451. The Labute approximate surface area is 196 Å². The third-order valence-electron chi connectivity index (χ3n) is 7.74. The SMILES string of the molecule is O=C(O)CCCCCN1C(=O)C2C3C=CC(C2C1=O)C1C(=O)N(CCCCCC(=O)O)C(=O)C31. The van der Waals surface area contributed by atoms with Gasteiger partial charge in [0, 0.05) is 37.8 Å². The molecular weight excluding hydrogens is 444 g/mol. The minimum Gasteiger partial charge on any atom is -0.481 e. The number of amides is 4. The summed E-state index contributed by atoms with van der Waals surface area (Å²) in [6.07, 6.45) is 6.93. The van der Waals surface area contributed by atoms with Crippen LogP contribution in [0.5, 0.6) is 0 Å². The lowest BCUT2D eigenvalue weighted by molar-refractivity contribution is -0.141. The summed E-state index contributed by atoms with van der Waals surface area (Å²) in [5.41, 5.74) is 0. The highest BCUT2D eigenvalue weighted by molar-refractivity contribution is 6.10. The van der Waals surface area contributed by atoms with Gasteiger partial charge in [0.1, 0.15) is 0 Å². The van der Waals surface area contributed by atoms with Crippen LogP contribution in [0.15, 0.2) is 12.2 Å². The maximum absolute atomic E-state index is 13.2. The number of aliphatic carboxylic acids is 2. The fourth-order valence-electron chi connectivity index (χ4n) is 6.24. The molecule has 3 aliphatic carbocycles. The van der Waals surface area contributed by atoms with Crippen molar-refractivity contribution >= 4 is 35.6 Å². The Morgan fingerprint density at radius 2 is 0.912 bits per heavy atom. The summed E-state index contributed by atoms with van der Waals surface area (Å²) in [4.78, 5) is 76.6. The van der Waals surface area contributed by atoms with Gasteiger partial charge >= 0.3 is 11.9 Å². The zero-order chi connectivity index (χ0) is 24.6. The van der Waals surface area contributed by atoms with Gasteiger partial charge in [0.05, 0.1) is 23.7 Å². The second-order valence-electron chi connectivity index (χ2n) is 9.71. The van der Waals surface area contributed by atoms with Crippen LogP contribution < -0.4 is 0 Å². The number of hydrogen-bond acceptors (Lipinski definition) is 6. The van der Waals surface area contributed by atoms with E-state index in [2.05, 4.69) is 0 Å². The van der Waals surface area contributed by atoms with Crippen molar-refractivity contribution in [3.63, 3.8) is 0 Å². The molecule has 10 nitrogen and oxygen atoms in total. The molecule has 0 aromatic carbocycles. The number of carbonyl (C=O) groups excluding carboxylic acids is 4. The van der Waals surface area contributed by atoms with Crippen LogP contribution in [-0.2, 0) is 28.8 Å². The van der Waals surface area contributed by atoms with Gasteiger partial charge in [-0.05, 0) is 25.7 Å². The number of rotatable bonds is 12. The van der Waals surface area contributed by atoms with E-state index in [1.165, 1.54) is 9.80 Å². The molecule has 10 heteroatoms. The molecule has 184 valence electrons. The van der Waals surface area contributed by atoms with Crippen molar-refractivity contribution in [1.29, 1.82) is 0 Å². The van der Waals surface area contributed by atoms with Crippen LogP contribution in [0.3, 0.4) is 0 Å². The van der Waals surface area contributed by atoms with Gasteiger partial charge in [0.2, 0.25) is 23.6 Å². The zero-order valence-electron chi connectivity index (χ0n) is 18.9. The van der Waals surface area contributed by atoms with E-state index in [0.29, 0.717) is 38.5 Å². The molecule has 2 aliphatic heterocycles. The van der Waals surface area contributed by atoms with Crippen LogP contribution in [0.25, 0.3) is 0 Å². The Balaban J connectivity index is 1.41. The molecule has 34 heavy (non-hydrogen) atoms. The maximum Gasteiger partial charge on any atom is 0.303 e. The lowest BCUT2D eigenvalue weighted by Gasteiger charge is -2.44. The summed E-state index contributed by atoms with van der Waals surface area (Å²) in [5, 5.41) is 17.5. The minimum absolute atomic E-state index is 0.0465. The van der Waals surface area contributed by atoms with Crippen molar-refractivity contribution < 1.29 is 39.0 Å².